The Morgan fingerprint density at radius 1 is 1.24 bits per heavy atom. The van der Waals surface area contributed by atoms with E-state index in [0.29, 0.717) is 16.3 Å². The van der Waals surface area contributed by atoms with Gasteiger partial charge in [-0.15, -0.1) is 11.3 Å². The highest BCUT2D eigenvalue weighted by molar-refractivity contribution is 7.11. The van der Waals surface area contributed by atoms with Crippen molar-refractivity contribution in [2.45, 2.75) is 6.18 Å². The number of nitrogens with zero attached hydrogens (tertiary/aromatic N) is 3. The van der Waals surface area contributed by atoms with Crippen molar-refractivity contribution in [2.75, 3.05) is 5.32 Å². The lowest BCUT2D eigenvalue weighted by atomic mass is 10.1. The number of anilines is 1. The molecule has 0 fully saturated rings. The third-order valence-corrected chi connectivity index (χ3v) is 4.66. The largest absolute Gasteiger partial charge is 0.416 e. The molecule has 10 heteroatoms. The number of hydrogen-bond acceptors (Lipinski definition) is 6. The SMILES string of the molecule is N#CC(=CNc1cccc(C(F)(F)F)c1)c1nc(-c2cccc([N+](=O)[O-])c2)cs1. The summed E-state index contributed by atoms with van der Waals surface area (Å²) in [7, 11) is 0. The molecule has 0 saturated carbocycles. The Hall–Kier alpha value is -3.71. The van der Waals surface area contributed by atoms with E-state index >= 15 is 0 Å². The summed E-state index contributed by atoms with van der Waals surface area (Å²) in [5.74, 6) is 0. The Labute approximate surface area is 166 Å². The first-order valence-electron chi connectivity index (χ1n) is 8.03. The molecule has 1 heterocycles. The summed E-state index contributed by atoms with van der Waals surface area (Å²) >= 11 is 1.14. The van der Waals surface area contributed by atoms with E-state index in [4.69, 9.17) is 0 Å². The van der Waals surface area contributed by atoms with Crippen LogP contribution in [0.5, 0.6) is 0 Å². The van der Waals surface area contributed by atoms with Crippen LogP contribution in [0.4, 0.5) is 24.5 Å². The van der Waals surface area contributed by atoms with Gasteiger partial charge in [-0.3, -0.25) is 10.1 Å². The molecule has 0 amide bonds. The van der Waals surface area contributed by atoms with Gasteiger partial charge in [0, 0.05) is 35.0 Å². The van der Waals surface area contributed by atoms with Gasteiger partial charge in [-0.05, 0) is 18.2 Å². The molecule has 0 atom stereocenters. The zero-order chi connectivity index (χ0) is 21.0. The first-order chi connectivity index (χ1) is 13.8. The molecule has 29 heavy (non-hydrogen) atoms. The van der Waals surface area contributed by atoms with Crippen molar-refractivity contribution in [3.05, 3.63) is 80.8 Å². The van der Waals surface area contributed by atoms with Crippen LogP contribution in [0.15, 0.2) is 60.1 Å². The smallest absolute Gasteiger partial charge is 0.360 e. The molecule has 146 valence electrons. The number of alkyl halides is 3. The number of thiazole rings is 1. The quantitative estimate of drug-likeness (QED) is 0.327. The van der Waals surface area contributed by atoms with E-state index in [0.717, 1.165) is 23.5 Å². The zero-order valence-electron chi connectivity index (χ0n) is 14.5. The van der Waals surface area contributed by atoms with Crippen LogP contribution in [-0.4, -0.2) is 9.91 Å². The van der Waals surface area contributed by atoms with E-state index in [2.05, 4.69) is 10.3 Å². The standard InChI is InChI=1S/C19H11F3N4O2S/c20-19(21,22)14-4-2-5-15(8-14)24-10-13(9-23)18-25-17(11-29-18)12-3-1-6-16(7-12)26(27)28/h1-8,10-11,24H. The molecule has 2 aromatic carbocycles. The van der Waals surface area contributed by atoms with E-state index in [1.54, 1.807) is 11.4 Å². The van der Waals surface area contributed by atoms with Crippen molar-refractivity contribution in [1.29, 1.82) is 5.26 Å². The van der Waals surface area contributed by atoms with Crippen LogP contribution in [0.1, 0.15) is 10.6 Å². The van der Waals surface area contributed by atoms with Gasteiger partial charge < -0.3 is 5.32 Å². The number of hydrogen-bond donors (Lipinski definition) is 1. The van der Waals surface area contributed by atoms with Crippen molar-refractivity contribution in [2.24, 2.45) is 0 Å². The molecule has 0 radical (unpaired) electrons. The molecule has 0 aliphatic rings. The van der Waals surface area contributed by atoms with Gasteiger partial charge in [0.1, 0.15) is 16.6 Å². The minimum Gasteiger partial charge on any atom is -0.360 e. The van der Waals surface area contributed by atoms with E-state index in [1.165, 1.54) is 36.5 Å². The summed E-state index contributed by atoms with van der Waals surface area (Å²) in [5.41, 5.74) is 0.363. The highest BCUT2D eigenvalue weighted by Gasteiger charge is 2.30. The summed E-state index contributed by atoms with van der Waals surface area (Å²) < 4.78 is 38.4. The lowest BCUT2D eigenvalue weighted by Crippen LogP contribution is -2.05. The molecule has 0 unspecified atom stereocenters. The van der Waals surface area contributed by atoms with Crippen LogP contribution < -0.4 is 5.32 Å². The van der Waals surface area contributed by atoms with E-state index in [9.17, 15) is 28.5 Å². The van der Waals surface area contributed by atoms with Gasteiger partial charge in [-0.25, -0.2) is 4.98 Å². The number of nitriles is 1. The van der Waals surface area contributed by atoms with Crippen LogP contribution in [-0.2, 0) is 6.18 Å². The van der Waals surface area contributed by atoms with Crippen molar-refractivity contribution in [1.82, 2.24) is 4.98 Å². The lowest BCUT2D eigenvalue weighted by molar-refractivity contribution is -0.384. The molecule has 0 spiro atoms. The first kappa shape index (κ1) is 20.0. The second kappa shape index (κ2) is 8.12. The number of halogens is 3. The fourth-order valence-electron chi connectivity index (χ4n) is 2.39. The van der Waals surface area contributed by atoms with Gasteiger partial charge in [0.05, 0.1) is 16.2 Å². The summed E-state index contributed by atoms with van der Waals surface area (Å²) in [6, 6.07) is 12.4. The Morgan fingerprint density at radius 2 is 2.00 bits per heavy atom. The number of nitrogens with one attached hydrogen (secondary N) is 1. The normalized spacial score (nSPS) is 11.7. The molecule has 0 aliphatic carbocycles. The van der Waals surface area contributed by atoms with Crippen LogP contribution in [0.2, 0.25) is 0 Å². The lowest BCUT2D eigenvalue weighted by Gasteiger charge is -2.08. The van der Waals surface area contributed by atoms with E-state index in [1.807, 2.05) is 6.07 Å². The predicted molar refractivity (Wildman–Crippen MR) is 103 cm³/mol. The fourth-order valence-corrected chi connectivity index (χ4v) is 3.19. The predicted octanol–water partition coefficient (Wildman–Crippen LogP) is 5.71. The molecular formula is C19H11F3N4O2S. The molecular weight excluding hydrogens is 405 g/mol. The molecule has 0 bridgehead atoms. The number of non-ortho nitro benzene ring substituents is 1. The molecule has 0 saturated heterocycles. The third kappa shape index (κ3) is 4.77. The summed E-state index contributed by atoms with van der Waals surface area (Å²) in [6.07, 6.45) is -3.20. The topological polar surface area (TPSA) is 91.8 Å². The van der Waals surface area contributed by atoms with Crippen LogP contribution in [0.25, 0.3) is 16.8 Å². The zero-order valence-corrected chi connectivity index (χ0v) is 15.3. The maximum Gasteiger partial charge on any atom is 0.416 e. The average Bonchev–Trinajstić information content (AvgIpc) is 3.18. The molecule has 1 N–H and O–H groups in total. The van der Waals surface area contributed by atoms with Crippen LogP contribution in [0, 0.1) is 21.4 Å². The average molecular weight is 416 g/mol. The molecule has 1 aromatic heterocycles. The second-order valence-corrected chi connectivity index (χ2v) is 6.60. The number of rotatable bonds is 5. The van der Waals surface area contributed by atoms with Crippen molar-refractivity contribution in [3.63, 3.8) is 0 Å². The summed E-state index contributed by atoms with van der Waals surface area (Å²) in [5, 5.41) is 24.9. The Balaban J connectivity index is 1.84. The van der Waals surface area contributed by atoms with Gasteiger partial charge in [0.15, 0.2) is 0 Å². The highest BCUT2D eigenvalue weighted by Crippen LogP contribution is 2.31. The maximum absolute atomic E-state index is 12.8. The number of allylic oxidation sites excluding steroid dienone is 1. The van der Waals surface area contributed by atoms with Crippen molar-refractivity contribution in [3.8, 4) is 17.3 Å². The summed E-state index contributed by atoms with van der Waals surface area (Å²) in [6.45, 7) is 0. The molecule has 0 aliphatic heterocycles. The van der Waals surface area contributed by atoms with Crippen LogP contribution in [0.3, 0.4) is 0 Å². The Morgan fingerprint density at radius 3 is 2.69 bits per heavy atom. The van der Waals surface area contributed by atoms with Gasteiger partial charge >= 0.3 is 6.18 Å². The fraction of sp³-hybridized carbons (Fsp3) is 0.0526. The molecule has 3 rings (SSSR count). The number of aromatic nitrogens is 1. The minimum absolute atomic E-state index is 0.0840. The first-order valence-corrected chi connectivity index (χ1v) is 8.90. The van der Waals surface area contributed by atoms with E-state index in [-0.39, 0.29) is 16.9 Å². The van der Waals surface area contributed by atoms with E-state index < -0.39 is 16.7 Å². The number of nitro benzene ring substituents is 1. The highest BCUT2D eigenvalue weighted by atomic mass is 32.1. The van der Waals surface area contributed by atoms with Gasteiger partial charge in [-0.2, -0.15) is 18.4 Å². The van der Waals surface area contributed by atoms with Crippen molar-refractivity contribution < 1.29 is 18.1 Å². The second-order valence-electron chi connectivity index (χ2n) is 5.74. The summed E-state index contributed by atoms with van der Waals surface area (Å²) in [4.78, 5) is 14.7. The third-order valence-electron chi connectivity index (χ3n) is 3.78. The maximum atomic E-state index is 12.8. The van der Waals surface area contributed by atoms with Gasteiger partial charge in [0.2, 0.25) is 0 Å². The Bertz CT molecular complexity index is 1130. The Kier molecular flexibility index (Phi) is 5.61. The minimum atomic E-state index is -4.47. The van der Waals surface area contributed by atoms with Crippen molar-refractivity contribution >= 4 is 28.3 Å². The molecule has 3 aromatic rings. The monoisotopic (exact) mass is 416 g/mol. The number of nitro groups is 1. The van der Waals surface area contributed by atoms with Gasteiger partial charge in [-0.1, -0.05) is 18.2 Å². The van der Waals surface area contributed by atoms with Gasteiger partial charge in [0.25, 0.3) is 5.69 Å². The number of benzene rings is 2. The van der Waals surface area contributed by atoms with Crippen LogP contribution >= 0.6 is 11.3 Å². The molecule has 6 nitrogen and oxygen atoms in total.